The van der Waals surface area contributed by atoms with Crippen molar-refractivity contribution >= 4 is 62.6 Å². The third-order valence-corrected chi connectivity index (χ3v) is 8.07. The van der Waals surface area contributed by atoms with Crippen molar-refractivity contribution in [2.75, 3.05) is 18.0 Å². The predicted octanol–water partition coefficient (Wildman–Crippen LogP) is 6.57. The number of hydrazone groups is 1. The number of halogens is 3. The summed E-state index contributed by atoms with van der Waals surface area (Å²) in [5.41, 5.74) is 3.95. The van der Waals surface area contributed by atoms with E-state index in [9.17, 15) is 13.2 Å². The van der Waals surface area contributed by atoms with E-state index in [2.05, 4.69) is 10.5 Å². The van der Waals surface area contributed by atoms with Crippen molar-refractivity contribution in [2.45, 2.75) is 11.8 Å². The summed E-state index contributed by atoms with van der Waals surface area (Å²) in [7, 11) is -2.79. The highest BCUT2D eigenvalue weighted by atomic mass is 35.5. The number of amides is 1. The van der Waals surface area contributed by atoms with Crippen LogP contribution in [0, 0.1) is 6.92 Å². The Kier molecular flexibility index (Phi) is 8.87. The molecule has 0 saturated heterocycles. The van der Waals surface area contributed by atoms with Crippen LogP contribution in [-0.2, 0) is 14.8 Å². The second-order valence-electron chi connectivity index (χ2n) is 8.26. The summed E-state index contributed by atoms with van der Waals surface area (Å²) < 4.78 is 39.2. The summed E-state index contributed by atoms with van der Waals surface area (Å²) in [5, 5.41) is 5.08. The van der Waals surface area contributed by atoms with Crippen molar-refractivity contribution in [1.82, 2.24) is 5.43 Å². The van der Waals surface area contributed by atoms with Crippen LogP contribution >= 0.6 is 34.8 Å². The first-order chi connectivity index (χ1) is 18.6. The van der Waals surface area contributed by atoms with E-state index in [1.165, 1.54) is 37.6 Å². The minimum absolute atomic E-state index is 0.00425. The van der Waals surface area contributed by atoms with E-state index in [1.54, 1.807) is 48.5 Å². The molecule has 39 heavy (non-hydrogen) atoms. The molecular weight excluding hydrogens is 585 g/mol. The van der Waals surface area contributed by atoms with Gasteiger partial charge in [-0.15, -0.1) is 0 Å². The van der Waals surface area contributed by atoms with Crippen LogP contribution in [0.4, 0.5) is 5.69 Å². The summed E-state index contributed by atoms with van der Waals surface area (Å²) in [5.74, 6) is 0.316. The van der Waals surface area contributed by atoms with E-state index >= 15 is 0 Å². The lowest BCUT2D eigenvalue weighted by molar-refractivity contribution is -0.119. The number of rotatable bonds is 9. The van der Waals surface area contributed by atoms with Gasteiger partial charge in [-0.1, -0.05) is 52.5 Å². The number of sulfonamides is 1. The second-order valence-corrected chi connectivity index (χ2v) is 11.4. The number of nitrogens with zero attached hydrogens (tertiary/aromatic N) is 2. The first-order valence-corrected chi connectivity index (χ1v) is 14.0. The van der Waals surface area contributed by atoms with Crippen LogP contribution in [-0.4, -0.2) is 34.2 Å². The molecule has 0 aliphatic rings. The summed E-state index contributed by atoms with van der Waals surface area (Å²) in [6, 6.07) is 19.1. The number of benzene rings is 3. The van der Waals surface area contributed by atoms with Crippen molar-refractivity contribution in [1.29, 1.82) is 0 Å². The molecule has 8 nitrogen and oxygen atoms in total. The van der Waals surface area contributed by atoms with E-state index < -0.39 is 22.5 Å². The minimum Gasteiger partial charge on any atom is -0.495 e. The number of ether oxygens (including phenoxy) is 1. The number of methoxy groups -OCH3 is 1. The van der Waals surface area contributed by atoms with E-state index in [4.69, 9.17) is 44.0 Å². The lowest BCUT2D eigenvalue weighted by atomic mass is 10.2. The average molecular weight is 607 g/mol. The number of aryl methyl sites for hydroxylation is 1. The Morgan fingerprint density at radius 3 is 2.38 bits per heavy atom. The Balaban J connectivity index is 1.56. The maximum Gasteiger partial charge on any atom is 0.264 e. The first kappa shape index (κ1) is 28.5. The van der Waals surface area contributed by atoms with Crippen molar-refractivity contribution in [2.24, 2.45) is 5.10 Å². The topological polar surface area (TPSA) is 101 Å². The fourth-order valence-corrected chi connectivity index (χ4v) is 5.68. The Morgan fingerprint density at radius 2 is 1.69 bits per heavy atom. The van der Waals surface area contributed by atoms with Crippen LogP contribution in [0.15, 0.2) is 87.2 Å². The lowest BCUT2D eigenvalue weighted by Gasteiger charge is -2.25. The van der Waals surface area contributed by atoms with Crippen molar-refractivity contribution < 1.29 is 22.4 Å². The number of nitrogens with one attached hydrogen (secondary N) is 1. The normalized spacial score (nSPS) is 11.5. The van der Waals surface area contributed by atoms with Gasteiger partial charge in [0.05, 0.1) is 28.9 Å². The fraction of sp³-hybridized carbons (Fsp3) is 0.111. The Morgan fingerprint density at radius 1 is 1.00 bits per heavy atom. The highest BCUT2D eigenvalue weighted by Crippen LogP contribution is 2.35. The number of anilines is 1. The first-order valence-electron chi connectivity index (χ1n) is 11.4. The third kappa shape index (κ3) is 6.75. The minimum atomic E-state index is -4.19. The van der Waals surface area contributed by atoms with E-state index in [0.717, 1.165) is 9.87 Å². The monoisotopic (exact) mass is 605 g/mol. The molecule has 4 rings (SSSR count). The van der Waals surface area contributed by atoms with Crippen LogP contribution < -0.4 is 14.5 Å². The zero-order valence-corrected chi connectivity index (χ0v) is 23.8. The molecule has 0 unspecified atom stereocenters. The third-order valence-electron chi connectivity index (χ3n) is 5.51. The molecule has 1 N–H and O–H groups in total. The highest BCUT2D eigenvalue weighted by Gasteiger charge is 2.29. The molecule has 0 spiro atoms. The summed E-state index contributed by atoms with van der Waals surface area (Å²) in [4.78, 5) is 12.9. The number of hydrogen-bond acceptors (Lipinski definition) is 6. The van der Waals surface area contributed by atoms with Crippen molar-refractivity contribution in [3.63, 3.8) is 0 Å². The number of furan rings is 1. The molecule has 1 aromatic heterocycles. The molecule has 0 saturated carbocycles. The summed E-state index contributed by atoms with van der Waals surface area (Å²) >= 11 is 18.3. The molecular formula is C27H22Cl3N3O5S. The summed E-state index contributed by atoms with van der Waals surface area (Å²) in [6.07, 6.45) is 1.28. The Labute approximate surface area is 240 Å². The number of hydrogen-bond donors (Lipinski definition) is 1. The zero-order chi connectivity index (χ0) is 28.2. The van der Waals surface area contributed by atoms with Crippen molar-refractivity contribution in [3.05, 3.63) is 99.2 Å². The van der Waals surface area contributed by atoms with E-state index in [1.807, 2.05) is 6.92 Å². The van der Waals surface area contributed by atoms with Gasteiger partial charge in [0.15, 0.2) is 0 Å². The standard InChI is InChI=1S/C27H22Cl3N3O5S/c1-17-3-8-21(9-4-17)39(35,36)33(24-14-19(29)6-11-26(24)37-2)16-27(34)32-31-15-20-7-12-25(38-20)22-10-5-18(28)13-23(22)30/h3-15H,16H2,1-2H3,(H,32,34)/b31-15-. The van der Waals surface area contributed by atoms with Gasteiger partial charge in [0.25, 0.3) is 15.9 Å². The SMILES string of the molecule is COc1ccc(Cl)cc1N(CC(=O)N/N=C\c1ccc(-c2ccc(Cl)cc2Cl)o1)S(=O)(=O)c1ccc(C)cc1. The molecule has 0 aliphatic carbocycles. The molecule has 0 bridgehead atoms. The van der Waals surface area contributed by atoms with Crippen LogP contribution in [0.25, 0.3) is 11.3 Å². The van der Waals surface area contributed by atoms with Gasteiger partial charge in [-0.05, 0) is 67.6 Å². The Bertz CT molecular complexity index is 1640. The van der Waals surface area contributed by atoms with Gasteiger partial charge in [0.1, 0.15) is 23.8 Å². The molecule has 12 heteroatoms. The van der Waals surface area contributed by atoms with Crippen LogP contribution in [0.3, 0.4) is 0 Å². The van der Waals surface area contributed by atoms with Crippen LogP contribution in [0.5, 0.6) is 5.75 Å². The molecule has 0 fully saturated rings. The van der Waals surface area contributed by atoms with Crippen molar-refractivity contribution in [3.8, 4) is 17.1 Å². The van der Waals surface area contributed by atoms with Crippen LogP contribution in [0.1, 0.15) is 11.3 Å². The maximum atomic E-state index is 13.6. The molecule has 0 aliphatic heterocycles. The predicted molar refractivity (Wildman–Crippen MR) is 154 cm³/mol. The van der Waals surface area contributed by atoms with Crippen LogP contribution in [0.2, 0.25) is 15.1 Å². The molecule has 1 amide bonds. The van der Waals surface area contributed by atoms with E-state index in [0.29, 0.717) is 27.1 Å². The van der Waals surface area contributed by atoms with Gasteiger partial charge in [-0.2, -0.15) is 5.10 Å². The van der Waals surface area contributed by atoms with E-state index in [-0.39, 0.29) is 21.4 Å². The zero-order valence-electron chi connectivity index (χ0n) is 20.7. The number of carbonyl (C=O) groups excluding carboxylic acids is 1. The van der Waals surface area contributed by atoms with Gasteiger partial charge in [-0.25, -0.2) is 13.8 Å². The van der Waals surface area contributed by atoms with Gasteiger partial charge in [-0.3, -0.25) is 9.10 Å². The largest absolute Gasteiger partial charge is 0.495 e. The average Bonchev–Trinajstić information content (AvgIpc) is 3.36. The van der Waals surface area contributed by atoms with Gasteiger partial charge in [0, 0.05) is 15.6 Å². The maximum absolute atomic E-state index is 13.6. The molecule has 4 aromatic rings. The fourth-order valence-electron chi connectivity index (χ4n) is 3.59. The summed E-state index contributed by atoms with van der Waals surface area (Å²) in [6.45, 7) is 1.24. The van der Waals surface area contributed by atoms with Gasteiger partial charge in [0.2, 0.25) is 0 Å². The Hall–Kier alpha value is -3.50. The quantitative estimate of drug-likeness (QED) is 0.172. The molecule has 1 heterocycles. The second kappa shape index (κ2) is 12.1. The smallest absolute Gasteiger partial charge is 0.264 e. The molecule has 202 valence electrons. The molecule has 3 aromatic carbocycles. The molecule has 0 radical (unpaired) electrons. The number of carbonyl (C=O) groups is 1. The highest BCUT2D eigenvalue weighted by molar-refractivity contribution is 7.92. The van der Waals surface area contributed by atoms with Gasteiger partial charge >= 0.3 is 0 Å². The molecule has 0 atom stereocenters. The lowest BCUT2D eigenvalue weighted by Crippen LogP contribution is -2.39. The van der Waals surface area contributed by atoms with Gasteiger partial charge < -0.3 is 9.15 Å².